The Kier molecular flexibility index (Phi) is 5.22. The van der Waals surface area contributed by atoms with E-state index in [1.165, 1.54) is 0 Å². The zero-order valence-electron chi connectivity index (χ0n) is 10.7. The normalized spacial score (nSPS) is 14.4. The predicted octanol–water partition coefficient (Wildman–Crippen LogP) is 3.53. The van der Waals surface area contributed by atoms with Crippen molar-refractivity contribution in [2.45, 2.75) is 44.1 Å². The van der Waals surface area contributed by atoms with E-state index in [4.69, 9.17) is 0 Å². The lowest BCUT2D eigenvalue weighted by atomic mass is 9.91. The van der Waals surface area contributed by atoms with Crippen LogP contribution in [0.1, 0.15) is 44.0 Å². The van der Waals surface area contributed by atoms with Crippen LogP contribution in [0.4, 0.5) is 0 Å². The summed E-state index contributed by atoms with van der Waals surface area (Å²) in [5, 5.41) is 10.1. The van der Waals surface area contributed by atoms with Crippen molar-refractivity contribution in [3.8, 4) is 0 Å². The third-order valence-electron chi connectivity index (χ3n) is 2.65. The first-order chi connectivity index (χ1) is 8.01. The van der Waals surface area contributed by atoms with E-state index in [0.29, 0.717) is 12.0 Å². The average molecular weight is 252 g/mol. The Hall–Kier alpha value is -0.800. The number of rotatable bonds is 6. The first-order valence-electron chi connectivity index (χ1n) is 6.01. The van der Waals surface area contributed by atoms with E-state index in [-0.39, 0.29) is 5.78 Å². The molecule has 17 heavy (non-hydrogen) atoms. The molecule has 0 aliphatic carbocycles. The number of Topliss-reactive ketones (excluding diaryl/α,β-unsaturated/α-hetero) is 1. The molecular weight excluding hydrogens is 232 g/mol. The molecule has 0 aliphatic heterocycles. The number of carbonyl (C=O) groups is 1. The highest BCUT2D eigenvalue weighted by molar-refractivity contribution is 7.99. The Balaban J connectivity index is 2.82. The van der Waals surface area contributed by atoms with Crippen molar-refractivity contribution >= 4 is 17.5 Å². The fourth-order valence-corrected chi connectivity index (χ4v) is 2.44. The van der Waals surface area contributed by atoms with Gasteiger partial charge < -0.3 is 5.11 Å². The summed E-state index contributed by atoms with van der Waals surface area (Å²) in [6.07, 6.45) is 1.29. The Morgan fingerprint density at radius 3 is 2.35 bits per heavy atom. The van der Waals surface area contributed by atoms with Gasteiger partial charge in [-0.3, -0.25) is 4.79 Å². The van der Waals surface area contributed by atoms with Crippen molar-refractivity contribution in [2.75, 3.05) is 5.75 Å². The molecule has 1 rings (SSSR count). The number of thioether (sulfide) groups is 1. The fraction of sp³-hybridized carbons (Fsp3) is 0.500. The van der Waals surface area contributed by atoms with Crippen LogP contribution >= 0.6 is 11.8 Å². The van der Waals surface area contributed by atoms with Gasteiger partial charge in [0.05, 0.1) is 0 Å². The van der Waals surface area contributed by atoms with Crippen molar-refractivity contribution in [3.05, 3.63) is 29.8 Å². The van der Waals surface area contributed by atoms with Crippen LogP contribution in [-0.4, -0.2) is 22.2 Å². The number of hydrogen-bond donors (Lipinski definition) is 1. The Labute approximate surface area is 107 Å². The van der Waals surface area contributed by atoms with Gasteiger partial charge >= 0.3 is 0 Å². The maximum absolute atomic E-state index is 12.1. The summed E-state index contributed by atoms with van der Waals surface area (Å²) in [6.45, 7) is 5.64. The van der Waals surface area contributed by atoms with E-state index in [1.807, 2.05) is 19.1 Å². The number of benzene rings is 1. The van der Waals surface area contributed by atoms with Crippen LogP contribution in [0.15, 0.2) is 29.2 Å². The number of carbonyl (C=O) groups excluding carboxylic acids is 1. The Bertz CT molecular complexity index is 368. The maximum Gasteiger partial charge on any atom is 0.194 e. The zero-order valence-corrected chi connectivity index (χ0v) is 11.5. The van der Waals surface area contributed by atoms with Crippen molar-refractivity contribution in [1.82, 2.24) is 0 Å². The van der Waals surface area contributed by atoms with Gasteiger partial charge in [0, 0.05) is 10.5 Å². The second-order valence-electron chi connectivity index (χ2n) is 4.31. The lowest BCUT2D eigenvalue weighted by molar-refractivity contribution is 0.0364. The Morgan fingerprint density at radius 1 is 1.29 bits per heavy atom. The predicted molar refractivity (Wildman–Crippen MR) is 72.7 cm³/mol. The largest absolute Gasteiger partial charge is 0.382 e. The second-order valence-corrected chi connectivity index (χ2v) is 5.65. The van der Waals surface area contributed by atoms with Crippen LogP contribution in [0.3, 0.4) is 0 Å². The number of hydrogen-bond acceptors (Lipinski definition) is 3. The van der Waals surface area contributed by atoms with Crippen LogP contribution < -0.4 is 0 Å². The smallest absolute Gasteiger partial charge is 0.194 e. The van der Waals surface area contributed by atoms with E-state index >= 15 is 0 Å². The Morgan fingerprint density at radius 2 is 1.88 bits per heavy atom. The van der Waals surface area contributed by atoms with Crippen molar-refractivity contribution < 1.29 is 9.90 Å². The summed E-state index contributed by atoms with van der Waals surface area (Å²) in [4.78, 5) is 13.2. The van der Waals surface area contributed by atoms with Gasteiger partial charge in [-0.05, 0) is 31.2 Å². The van der Waals surface area contributed by atoms with Crippen molar-refractivity contribution in [2.24, 2.45) is 0 Å². The SMILES string of the molecule is CCCC(C)(O)C(=O)c1ccc(SCC)cc1. The third-order valence-corrected chi connectivity index (χ3v) is 3.55. The number of ketones is 1. The van der Waals surface area contributed by atoms with Crippen LogP contribution in [0.2, 0.25) is 0 Å². The molecule has 1 aromatic rings. The van der Waals surface area contributed by atoms with Crippen LogP contribution in [-0.2, 0) is 0 Å². The highest BCUT2D eigenvalue weighted by atomic mass is 32.2. The van der Waals surface area contributed by atoms with Gasteiger partial charge in [0.25, 0.3) is 0 Å². The first-order valence-corrected chi connectivity index (χ1v) is 7.00. The molecule has 0 fully saturated rings. The zero-order chi connectivity index (χ0) is 12.9. The summed E-state index contributed by atoms with van der Waals surface area (Å²) in [7, 11) is 0. The van der Waals surface area contributed by atoms with Crippen LogP contribution in [0.5, 0.6) is 0 Å². The van der Waals surface area contributed by atoms with Crippen LogP contribution in [0.25, 0.3) is 0 Å². The summed E-state index contributed by atoms with van der Waals surface area (Å²) in [5.41, 5.74) is -0.655. The van der Waals surface area contributed by atoms with E-state index in [1.54, 1.807) is 30.8 Å². The van der Waals surface area contributed by atoms with E-state index < -0.39 is 5.60 Å². The molecule has 2 nitrogen and oxygen atoms in total. The molecule has 1 atom stereocenters. The molecule has 0 saturated carbocycles. The summed E-state index contributed by atoms with van der Waals surface area (Å²) >= 11 is 1.74. The molecule has 1 unspecified atom stereocenters. The van der Waals surface area contributed by atoms with Gasteiger partial charge in [0.1, 0.15) is 5.60 Å². The molecule has 0 spiro atoms. The molecule has 0 aromatic heterocycles. The maximum atomic E-state index is 12.1. The minimum atomic E-state index is -1.24. The van der Waals surface area contributed by atoms with E-state index in [2.05, 4.69) is 6.92 Å². The van der Waals surface area contributed by atoms with Crippen molar-refractivity contribution in [3.63, 3.8) is 0 Å². The van der Waals surface area contributed by atoms with Crippen molar-refractivity contribution in [1.29, 1.82) is 0 Å². The van der Waals surface area contributed by atoms with Gasteiger partial charge in [-0.15, -0.1) is 11.8 Å². The molecule has 0 aliphatic rings. The molecule has 0 radical (unpaired) electrons. The molecule has 0 heterocycles. The molecule has 94 valence electrons. The monoisotopic (exact) mass is 252 g/mol. The van der Waals surface area contributed by atoms with Crippen LogP contribution in [0, 0.1) is 0 Å². The van der Waals surface area contributed by atoms with Gasteiger partial charge in [0.15, 0.2) is 5.78 Å². The fourth-order valence-electron chi connectivity index (χ4n) is 1.78. The lowest BCUT2D eigenvalue weighted by Gasteiger charge is -2.21. The highest BCUT2D eigenvalue weighted by Gasteiger charge is 2.29. The summed E-state index contributed by atoms with van der Waals surface area (Å²) < 4.78 is 0. The molecule has 1 N–H and O–H groups in total. The standard InChI is InChI=1S/C14H20O2S/c1-4-10-14(3,16)13(15)11-6-8-12(9-7-11)17-5-2/h6-9,16H,4-5,10H2,1-3H3. The topological polar surface area (TPSA) is 37.3 Å². The molecule has 1 aromatic carbocycles. The molecular formula is C14H20O2S. The number of aliphatic hydroxyl groups is 1. The van der Waals surface area contributed by atoms with Gasteiger partial charge in [-0.1, -0.05) is 32.4 Å². The van der Waals surface area contributed by atoms with E-state index in [0.717, 1.165) is 17.1 Å². The molecule has 3 heteroatoms. The molecule has 0 amide bonds. The molecule has 0 saturated heterocycles. The van der Waals surface area contributed by atoms with Gasteiger partial charge in [-0.2, -0.15) is 0 Å². The van der Waals surface area contributed by atoms with Gasteiger partial charge in [0.2, 0.25) is 0 Å². The summed E-state index contributed by atoms with van der Waals surface area (Å²) in [6, 6.07) is 7.46. The minimum Gasteiger partial charge on any atom is -0.382 e. The van der Waals surface area contributed by atoms with E-state index in [9.17, 15) is 9.90 Å². The summed E-state index contributed by atoms with van der Waals surface area (Å²) in [5.74, 6) is 0.827. The lowest BCUT2D eigenvalue weighted by Crippen LogP contribution is -2.34. The van der Waals surface area contributed by atoms with Gasteiger partial charge in [-0.25, -0.2) is 0 Å². The second kappa shape index (κ2) is 6.22. The molecule has 0 bridgehead atoms. The first kappa shape index (κ1) is 14.3. The highest BCUT2D eigenvalue weighted by Crippen LogP contribution is 2.22. The third kappa shape index (κ3) is 3.86. The minimum absolute atomic E-state index is 0.188. The quantitative estimate of drug-likeness (QED) is 0.621. The average Bonchev–Trinajstić information content (AvgIpc) is 2.29.